The van der Waals surface area contributed by atoms with Gasteiger partial charge in [0.2, 0.25) is 0 Å². The number of carbonyl (C=O) groups is 2. The predicted molar refractivity (Wildman–Crippen MR) is 59.6 cm³/mol. The third-order valence-corrected chi connectivity index (χ3v) is 3.06. The van der Waals surface area contributed by atoms with Gasteiger partial charge in [-0.2, -0.15) is 0 Å². The highest BCUT2D eigenvalue weighted by atomic mass is 19.2. The van der Waals surface area contributed by atoms with Crippen LogP contribution in [0.15, 0.2) is 12.1 Å². The van der Waals surface area contributed by atoms with Crippen molar-refractivity contribution in [3.8, 4) is 0 Å². The van der Waals surface area contributed by atoms with Gasteiger partial charge in [-0.05, 0) is 12.1 Å². The Kier molecular flexibility index (Phi) is 3.67. The molecule has 1 aliphatic rings. The quantitative estimate of drug-likeness (QED) is 0.816. The molecule has 2 N–H and O–H groups in total. The Balaban J connectivity index is 2.28. The van der Waals surface area contributed by atoms with E-state index in [1.807, 2.05) is 0 Å². The Morgan fingerprint density at radius 3 is 2.50 bits per heavy atom. The number of carbonyl (C=O) groups excluding carboxylic acids is 1. The Morgan fingerprint density at radius 2 is 1.95 bits per heavy atom. The van der Waals surface area contributed by atoms with Crippen LogP contribution in [0, 0.1) is 17.5 Å². The molecule has 1 heterocycles. The van der Waals surface area contributed by atoms with Gasteiger partial charge in [-0.15, -0.1) is 0 Å². The number of nitrogens with one attached hydrogen (secondary N) is 1. The van der Waals surface area contributed by atoms with E-state index in [1.54, 1.807) is 0 Å². The molecule has 108 valence electrons. The number of carboxylic acids is 1. The maximum absolute atomic E-state index is 13.5. The van der Waals surface area contributed by atoms with Gasteiger partial charge in [-0.3, -0.25) is 4.79 Å². The largest absolute Gasteiger partial charge is 0.479 e. The highest BCUT2D eigenvalue weighted by Crippen LogP contribution is 2.21. The van der Waals surface area contributed by atoms with Crippen LogP contribution in [-0.4, -0.2) is 35.7 Å². The third-order valence-electron chi connectivity index (χ3n) is 3.06. The van der Waals surface area contributed by atoms with Crippen molar-refractivity contribution in [3.05, 3.63) is 35.1 Å². The van der Waals surface area contributed by atoms with Gasteiger partial charge in [-0.1, -0.05) is 0 Å². The zero-order valence-electron chi connectivity index (χ0n) is 10.1. The van der Waals surface area contributed by atoms with E-state index >= 15 is 0 Å². The topological polar surface area (TPSA) is 75.6 Å². The van der Waals surface area contributed by atoms with E-state index in [0.717, 1.165) is 6.07 Å². The molecule has 0 aromatic heterocycles. The van der Waals surface area contributed by atoms with Gasteiger partial charge in [0, 0.05) is 13.0 Å². The summed E-state index contributed by atoms with van der Waals surface area (Å²) in [4.78, 5) is 23.0. The molecule has 0 radical (unpaired) electrons. The third kappa shape index (κ3) is 2.34. The number of amides is 1. The fourth-order valence-electron chi connectivity index (χ4n) is 1.87. The summed E-state index contributed by atoms with van der Waals surface area (Å²) < 4.78 is 44.2. The normalized spacial score (nSPS) is 21.8. The van der Waals surface area contributed by atoms with E-state index in [9.17, 15) is 22.8 Å². The second kappa shape index (κ2) is 5.12. The smallest absolute Gasteiger partial charge is 0.331 e. The van der Waals surface area contributed by atoms with Gasteiger partial charge in [0.05, 0.1) is 12.2 Å². The summed E-state index contributed by atoms with van der Waals surface area (Å²) in [5, 5.41) is 11.2. The van der Waals surface area contributed by atoms with Gasteiger partial charge >= 0.3 is 5.97 Å². The van der Waals surface area contributed by atoms with Crippen molar-refractivity contribution in [1.82, 2.24) is 5.32 Å². The summed E-state index contributed by atoms with van der Waals surface area (Å²) in [5.41, 5.74) is -2.45. The highest BCUT2D eigenvalue weighted by molar-refractivity contribution is 5.98. The summed E-state index contributed by atoms with van der Waals surface area (Å²) in [6.45, 7) is -0.161. The minimum absolute atomic E-state index is 0.000626. The lowest BCUT2D eigenvalue weighted by molar-refractivity contribution is -0.144. The van der Waals surface area contributed by atoms with Crippen LogP contribution in [0.1, 0.15) is 16.8 Å². The van der Waals surface area contributed by atoms with Crippen molar-refractivity contribution < 1.29 is 32.6 Å². The first-order valence-corrected chi connectivity index (χ1v) is 5.64. The second-order valence-corrected chi connectivity index (χ2v) is 4.37. The molecule has 5 nitrogen and oxygen atoms in total. The SMILES string of the molecule is O=C(NC1(C(=O)O)CCOC1)c1ccc(F)c(F)c1F. The van der Waals surface area contributed by atoms with Crippen LogP contribution in [-0.2, 0) is 9.53 Å². The summed E-state index contributed by atoms with van der Waals surface area (Å²) in [7, 11) is 0. The first kappa shape index (κ1) is 14.3. The maximum atomic E-state index is 13.5. The molecular formula is C12H10F3NO4. The standard InChI is InChI=1S/C12H10F3NO4/c13-7-2-1-6(8(14)9(7)15)10(17)16-12(11(18)19)3-4-20-5-12/h1-2H,3-5H2,(H,16,17)(H,18,19). The number of carboxylic acid groups (broad SMARTS) is 1. The van der Waals surface area contributed by atoms with E-state index in [-0.39, 0.29) is 19.6 Å². The van der Waals surface area contributed by atoms with Crippen LogP contribution in [0.25, 0.3) is 0 Å². The van der Waals surface area contributed by atoms with E-state index < -0.39 is 40.4 Å². The van der Waals surface area contributed by atoms with E-state index in [0.29, 0.717) is 6.07 Å². The van der Waals surface area contributed by atoms with Crippen LogP contribution in [0.5, 0.6) is 0 Å². The van der Waals surface area contributed by atoms with Crippen LogP contribution < -0.4 is 5.32 Å². The Morgan fingerprint density at radius 1 is 1.25 bits per heavy atom. The van der Waals surface area contributed by atoms with Gasteiger partial charge < -0.3 is 15.2 Å². The van der Waals surface area contributed by atoms with Crippen molar-refractivity contribution in [3.63, 3.8) is 0 Å². The van der Waals surface area contributed by atoms with Gasteiger partial charge in [0.15, 0.2) is 23.0 Å². The molecule has 8 heteroatoms. The molecule has 1 aromatic carbocycles. The van der Waals surface area contributed by atoms with Crippen LogP contribution >= 0.6 is 0 Å². The van der Waals surface area contributed by atoms with Gasteiger partial charge in [-0.25, -0.2) is 18.0 Å². The minimum Gasteiger partial charge on any atom is -0.479 e. The molecule has 1 aromatic rings. The second-order valence-electron chi connectivity index (χ2n) is 4.37. The maximum Gasteiger partial charge on any atom is 0.331 e. The predicted octanol–water partition coefficient (Wildman–Crippen LogP) is 1.08. The lowest BCUT2D eigenvalue weighted by atomic mass is 9.98. The van der Waals surface area contributed by atoms with Gasteiger partial charge in [0.25, 0.3) is 5.91 Å². The van der Waals surface area contributed by atoms with Crippen molar-refractivity contribution >= 4 is 11.9 Å². The molecule has 1 saturated heterocycles. The molecular weight excluding hydrogens is 279 g/mol. The van der Waals surface area contributed by atoms with Crippen molar-refractivity contribution in [1.29, 1.82) is 0 Å². The fourth-order valence-corrected chi connectivity index (χ4v) is 1.87. The Labute approximate surface area is 111 Å². The number of benzene rings is 1. The monoisotopic (exact) mass is 289 g/mol. The van der Waals surface area contributed by atoms with Gasteiger partial charge in [0.1, 0.15) is 0 Å². The average molecular weight is 289 g/mol. The molecule has 2 rings (SSSR count). The first-order valence-electron chi connectivity index (χ1n) is 5.64. The molecule has 1 atom stereocenters. The number of aliphatic carboxylic acids is 1. The molecule has 0 spiro atoms. The minimum atomic E-state index is -1.79. The molecule has 0 saturated carbocycles. The highest BCUT2D eigenvalue weighted by Gasteiger charge is 2.44. The van der Waals surface area contributed by atoms with Crippen molar-refractivity contribution in [2.24, 2.45) is 0 Å². The summed E-state index contributed by atoms with van der Waals surface area (Å²) in [6, 6.07) is 1.33. The fraction of sp³-hybridized carbons (Fsp3) is 0.333. The van der Waals surface area contributed by atoms with Crippen LogP contribution in [0.4, 0.5) is 13.2 Å². The zero-order chi connectivity index (χ0) is 14.9. The average Bonchev–Trinajstić information content (AvgIpc) is 2.86. The lowest BCUT2D eigenvalue weighted by Gasteiger charge is -2.23. The van der Waals surface area contributed by atoms with Crippen LogP contribution in [0.3, 0.4) is 0 Å². The van der Waals surface area contributed by atoms with E-state index in [1.165, 1.54) is 0 Å². The number of ether oxygens (including phenoxy) is 1. The number of hydrogen-bond donors (Lipinski definition) is 2. The summed E-state index contributed by atoms with van der Waals surface area (Å²) >= 11 is 0. The molecule has 1 fully saturated rings. The summed E-state index contributed by atoms with van der Waals surface area (Å²) in [5.74, 6) is -7.37. The van der Waals surface area contributed by atoms with Crippen molar-refractivity contribution in [2.45, 2.75) is 12.0 Å². The Hall–Kier alpha value is -2.09. The van der Waals surface area contributed by atoms with Crippen LogP contribution in [0.2, 0.25) is 0 Å². The molecule has 1 amide bonds. The lowest BCUT2D eigenvalue weighted by Crippen LogP contribution is -2.55. The van der Waals surface area contributed by atoms with Crippen molar-refractivity contribution in [2.75, 3.05) is 13.2 Å². The molecule has 1 aliphatic heterocycles. The van der Waals surface area contributed by atoms with E-state index in [4.69, 9.17) is 9.84 Å². The van der Waals surface area contributed by atoms with E-state index in [2.05, 4.69) is 5.32 Å². The number of hydrogen-bond acceptors (Lipinski definition) is 3. The number of halogens is 3. The molecule has 20 heavy (non-hydrogen) atoms. The molecule has 0 bridgehead atoms. The molecule has 0 aliphatic carbocycles. The Bertz CT molecular complexity index is 570. The summed E-state index contributed by atoms with van der Waals surface area (Å²) in [6.07, 6.45) is -0.000626. The molecule has 1 unspecified atom stereocenters. The zero-order valence-corrected chi connectivity index (χ0v) is 10.1. The number of rotatable bonds is 3. The first-order chi connectivity index (χ1) is 9.37.